The van der Waals surface area contributed by atoms with Crippen molar-refractivity contribution < 1.29 is 4.79 Å². The lowest BCUT2D eigenvalue weighted by Gasteiger charge is -2.11. The van der Waals surface area contributed by atoms with Crippen LogP contribution < -0.4 is 10.6 Å². The first kappa shape index (κ1) is 15.8. The van der Waals surface area contributed by atoms with Gasteiger partial charge in [0.1, 0.15) is 0 Å². The summed E-state index contributed by atoms with van der Waals surface area (Å²) < 4.78 is 0. The third kappa shape index (κ3) is 4.46. The first-order valence-corrected chi connectivity index (χ1v) is 7.42. The Kier molecular flexibility index (Phi) is 5.62. The topological polar surface area (TPSA) is 41.1 Å². The molecule has 0 atom stereocenters. The fourth-order valence-corrected chi connectivity index (χ4v) is 2.46. The minimum atomic E-state index is -0.233. The zero-order valence-corrected chi connectivity index (χ0v) is 13.1. The Hall–Kier alpha value is -1.55. The zero-order valence-electron chi connectivity index (χ0n) is 11.6. The lowest BCUT2D eigenvalue weighted by molar-refractivity contribution is 0.102. The number of benzene rings is 2. The molecule has 2 rings (SSSR count). The molecule has 0 aromatic heterocycles. The Morgan fingerprint density at radius 2 is 1.76 bits per heavy atom. The smallest absolute Gasteiger partial charge is 0.255 e. The van der Waals surface area contributed by atoms with Crippen LogP contribution in [0.2, 0.25) is 10.0 Å². The van der Waals surface area contributed by atoms with Crippen molar-refractivity contribution in [3.8, 4) is 0 Å². The maximum atomic E-state index is 12.3. The molecule has 0 aliphatic rings. The standard InChI is InChI=1S/C16H16Cl2N2O/c1-2-19-10-11-5-3-4-6-15(11)20-16(21)12-7-13(17)9-14(18)8-12/h3-9,19H,2,10H2,1H3,(H,20,21). The van der Waals surface area contributed by atoms with Crippen molar-refractivity contribution in [2.75, 3.05) is 11.9 Å². The number of para-hydroxylation sites is 1. The molecule has 21 heavy (non-hydrogen) atoms. The fraction of sp³-hybridized carbons (Fsp3) is 0.188. The summed E-state index contributed by atoms with van der Waals surface area (Å²) in [5, 5.41) is 7.01. The number of nitrogens with one attached hydrogen (secondary N) is 2. The van der Waals surface area contributed by atoms with Gasteiger partial charge in [-0.05, 0) is 36.4 Å². The number of halogens is 2. The van der Waals surface area contributed by atoms with Gasteiger partial charge in [0.15, 0.2) is 0 Å². The second kappa shape index (κ2) is 7.46. The van der Waals surface area contributed by atoms with Crippen LogP contribution >= 0.6 is 23.2 Å². The van der Waals surface area contributed by atoms with Crippen molar-refractivity contribution in [2.45, 2.75) is 13.5 Å². The minimum Gasteiger partial charge on any atom is -0.322 e. The van der Waals surface area contributed by atoms with Crippen LogP contribution in [0.15, 0.2) is 42.5 Å². The SMILES string of the molecule is CCNCc1ccccc1NC(=O)c1cc(Cl)cc(Cl)c1. The van der Waals surface area contributed by atoms with Gasteiger partial charge in [-0.1, -0.05) is 48.3 Å². The highest BCUT2D eigenvalue weighted by Crippen LogP contribution is 2.21. The van der Waals surface area contributed by atoms with Gasteiger partial charge in [-0.2, -0.15) is 0 Å². The third-order valence-electron chi connectivity index (χ3n) is 2.96. The van der Waals surface area contributed by atoms with Crippen molar-refractivity contribution in [3.05, 3.63) is 63.6 Å². The molecule has 2 aromatic rings. The molecule has 2 aromatic carbocycles. The van der Waals surface area contributed by atoms with E-state index >= 15 is 0 Å². The van der Waals surface area contributed by atoms with Gasteiger partial charge >= 0.3 is 0 Å². The van der Waals surface area contributed by atoms with Crippen LogP contribution in [0.3, 0.4) is 0 Å². The molecule has 2 N–H and O–H groups in total. The predicted molar refractivity (Wildman–Crippen MR) is 88.2 cm³/mol. The van der Waals surface area contributed by atoms with Gasteiger partial charge in [0, 0.05) is 27.8 Å². The van der Waals surface area contributed by atoms with Crippen LogP contribution in [0.4, 0.5) is 5.69 Å². The van der Waals surface area contributed by atoms with E-state index in [0.29, 0.717) is 22.2 Å². The van der Waals surface area contributed by atoms with E-state index in [0.717, 1.165) is 17.8 Å². The summed E-state index contributed by atoms with van der Waals surface area (Å²) in [4.78, 5) is 12.3. The molecule has 0 saturated carbocycles. The van der Waals surface area contributed by atoms with Gasteiger partial charge in [-0.25, -0.2) is 0 Å². The normalized spacial score (nSPS) is 10.4. The number of rotatable bonds is 5. The molecule has 3 nitrogen and oxygen atoms in total. The number of hydrogen-bond acceptors (Lipinski definition) is 2. The van der Waals surface area contributed by atoms with E-state index in [1.54, 1.807) is 18.2 Å². The monoisotopic (exact) mass is 322 g/mol. The average Bonchev–Trinajstić information content (AvgIpc) is 2.45. The van der Waals surface area contributed by atoms with E-state index in [-0.39, 0.29) is 5.91 Å². The summed E-state index contributed by atoms with van der Waals surface area (Å²) in [6.45, 7) is 3.60. The van der Waals surface area contributed by atoms with Gasteiger partial charge in [-0.3, -0.25) is 4.79 Å². The number of anilines is 1. The maximum Gasteiger partial charge on any atom is 0.255 e. The molecule has 110 valence electrons. The van der Waals surface area contributed by atoms with E-state index in [1.165, 1.54) is 0 Å². The molecule has 0 radical (unpaired) electrons. The Labute approximate surface area is 134 Å². The third-order valence-corrected chi connectivity index (χ3v) is 3.39. The Balaban J connectivity index is 2.19. The second-order valence-corrected chi connectivity index (χ2v) is 5.42. The van der Waals surface area contributed by atoms with Crippen molar-refractivity contribution in [1.82, 2.24) is 5.32 Å². The summed E-state index contributed by atoms with van der Waals surface area (Å²) in [7, 11) is 0. The van der Waals surface area contributed by atoms with Gasteiger partial charge < -0.3 is 10.6 Å². The molecular weight excluding hydrogens is 307 g/mol. The van der Waals surface area contributed by atoms with Crippen LogP contribution in [-0.4, -0.2) is 12.5 Å². The van der Waals surface area contributed by atoms with Gasteiger partial charge in [0.2, 0.25) is 0 Å². The molecule has 0 fully saturated rings. The van der Waals surface area contributed by atoms with Crippen molar-refractivity contribution in [1.29, 1.82) is 0 Å². The van der Waals surface area contributed by atoms with Crippen LogP contribution in [0.5, 0.6) is 0 Å². The lowest BCUT2D eigenvalue weighted by atomic mass is 10.1. The first-order valence-electron chi connectivity index (χ1n) is 6.66. The van der Waals surface area contributed by atoms with E-state index in [1.807, 2.05) is 31.2 Å². The van der Waals surface area contributed by atoms with E-state index < -0.39 is 0 Å². The predicted octanol–water partition coefficient (Wildman–Crippen LogP) is 4.36. The van der Waals surface area contributed by atoms with Crippen LogP contribution in [-0.2, 0) is 6.54 Å². The summed E-state index contributed by atoms with van der Waals surface area (Å²) in [5.74, 6) is -0.233. The summed E-state index contributed by atoms with van der Waals surface area (Å²) in [6, 6.07) is 12.5. The summed E-state index contributed by atoms with van der Waals surface area (Å²) in [6.07, 6.45) is 0. The largest absolute Gasteiger partial charge is 0.322 e. The van der Waals surface area contributed by atoms with E-state index in [2.05, 4.69) is 10.6 Å². The van der Waals surface area contributed by atoms with Gasteiger partial charge in [0.05, 0.1) is 0 Å². The summed E-state index contributed by atoms with van der Waals surface area (Å²) in [5.41, 5.74) is 2.24. The molecule has 0 saturated heterocycles. The molecule has 0 bridgehead atoms. The molecule has 0 heterocycles. The Morgan fingerprint density at radius 3 is 2.43 bits per heavy atom. The van der Waals surface area contributed by atoms with Crippen LogP contribution in [0.25, 0.3) is 0 Å². The Bertz CT molecular complexity index is 624. The zero-order chi connectivity index (χ0) is 15.2. The molecule has 0 spiro atoms. The van der Waals surface area contributed by atoms with Gasteiger partial charge in [0.25, 0.3) is 5.91 Å². The highest BCUT2D eigenvalue weighted by atomic mass is 35.5. The molecule has 0 aliphatic carbocycles. The minimum absolute atomic E-state index is 0.233. The van der Waals surface area contributed by atoms with Crippen LogP contribution in [0, 0.1) is 0 Å². The van der Waals surface area contributed by atoms with Crippen molar-refractivity contribution in [3.63, 3.8) is 0 Å². The van der Waals surface area contributed by atoms with Crippen LogP contribution in [0.1, 0.15) is 22.8 Å². The average molecular weight is 323 g/mol. The second-order valence-electron chi connectivity index (χ2n) is 4.55. The highest BCUT2D eigenvalue weighted by Gasteiger charge is 2.10. The molecule has 1 amide bonds. The Morgan fingerprint density at radius 1 is 1.10 bits per heavy atom. The molecule has 5 heteroatoms. The number of carbonyl (C=O) groups excluding carboxylic acids is 1. The molecule has 0 aliphatic heterocycles. The first-order chi connectivity index (χ1) is 10.1. The fourth-order valence-electron chi connectivity index (χ4n) is 1.94. The van der Waals surface area contributed by atoms with Gasteiger partial charge in [-0.15, -0.1) is 0 Å². The van der Waals surface area contributed by atoms with E-state index in [9.17, 15) is 4.79 Å². The highest BCUT2D eigenvalue weighted by molar-refractivity contribution is 6.35. The van der Waals surface area contributed by atoms with Crippen molar-refractivity contribution in [2.24, 2.45) is 0 Å². The molecular formula is C16H16Cl2N2O. The lowest BCUT2D eigenvalue weighted by Crippen LogP contribution is -2.17. The maximum absolute atomic E-state index is 12.3. The van der Waals surface area contributed by atoms with Crippen molar-refractivity contribution >= 4 is 34.8 Å². The quantitative estimate of drug-likeness (QED) is 0.858. The number of hydrogen-bond donors (Lipinski definition) is 2. The number of carbonyl (C=O) groups is 1. The summed E-state index contributed by atoms with van der Waals surface area (Å²) >= 11 is 11.8. The molecule has 0 unspecified atom stereocenters. The number of amides is 1. The van der Waals surface area contributed by atoms with E-state index in [4.69, 9.17) is 23.2 Å².